The van der Waals surface area contributed by atoms with E-state index in [-0.39, 0.29) is 6.61 Å². The number of hydrogen-bond donors (Lipinski definition) is 1. The average molecular weight is 370 g/mol. The van der Waals surface area contributed by atoms with Gasteiger partial charge in [-0.15, -0.1) is 11.3 Å². The van der Waals surface area contributed by atoms with Crippen LogP contribution in [0.25, 0.3) is 10.1 Å². The average Bonchev–Trinajstić information content (AvgIpc) is 2.83. The summed E-state index contributed by atoms with van der Waals surface area (Å²) in [5.74, 6) is -0.446. The van der Waals surface area contributed by atoms with Gasteiger partial charge in [0.15, 0.2) is 0 Å². The van der Waals surface area contributed by atoms with Crippen LogP contribution in [0.5, 0.6) is 0 Å². The molecule has 1 N–H and O–H groups in total. The zero-order chi connectivity index (χ0) is 17.7. The maximum atomic E-state index is 12.1. The summed E-state index contributed by atoms with van der Waals surface area (Å²) in [7, 11) is 0. The summed E-state index contributed by atoms with van der Waals surface area (Å²) in [4.78, 5) is 24.0. The number of alkyl carbamates (subject to hydrolysis) is 1. The molecule has 0 saturated carbocycles. The Kier molecular flexibility index (Phi) is 6.07. The first-order valence-corrected chi connectivity index (χ1v) is 8.78. The number of fused-ring (bicyclic) bond motifs is 1. The lowest BCUT2D eigenvalue weighted by Crippen LogP contribution is -2.33. The van der Waals surface area contributed by atoms with Gasteiger partial charge in [-0.2, -0.15) is 0 Å². The highest BCUT2D eigenvalue weighted by Crippen LogP contribution is 2.35. The zero-order valence-electron chi connectivity index (χ0n) is 13.8. The minimum atomic E-state index is -0.533. The Morgan fingerprint density at radius 3 is 2.62 bits per heavy atom. The molecule has 0 aliphatic rings. The van der Waals surface area contributed by atoms with Crippen LogP contribution >= 0.6 is 22.9 Å². The van der Waals surface area contributed by atoms with E-state index in [0.717, 1.165) is 10.1 Å². The van der Waals surface area contributed by atoms with Crippen molar-refractivity contribution in [1.82, 2.24) is 5.32 Å². The third-order valence-electron chi connectivity index (χ3n) is 2.94. The fourth-order valence-corrected chi connectivity index (χ4v) is 3.35. The van der Waals surface area contributed by atoms with E-state index in [2.05, 4.69) is 5.32 Å². The van der Waals surface area contributed by atoms with Gasteiger partial charge in [-0.25, -0.2) is 9.59 Å². The molecule has 24 heavy (non-hydrogen) atoms. The molecule has 0 radical (unpaired) electrons. The molecule has 0 unspecified atom stereocenters. The van der Waals surface area contributed by atoms with Crippen LogP contribution in [0.4, 0.5) is 4.79 Å². The molecular formula is C17H20ClNO4S. The first-order valence-electron chi connectivity index (χ1n) is 7.59. The van der Waals surface area contributed by atoms with Gasteiger partial charge < -0.3 is 14.8 Å². The first kappa shape index (κ1) is 18.5. The molecule has 1 amide bonds. The second kappa shape index (κ2) is 7.85. The zero-order valence-corrected chi connectivity index (χ0v) is 15.4. The number of nitrogens with one attached hydrogen (secondary N) is 1. The Balaban J connectivity index is 1.77. The molecule has 2 rings (SSSR count). The standard InChI is InChI=1S/C17H20ClNO4S/c1-17(2,3)23-16(21)19-9-6-10-22-15(20)14-13(18)11-7-4-5-8-12(11)24-14/h4-5,7-8H,6,9-10H2,1-3H3,(H,19,21). The highest BCUT2D eigenvalue weighted by Gasteiger charge is 2.18. The normalized spacial score (nSPS) is 11.3. The molecule has 2 aromatic rings. The summed E-state index contributed by atoms with van der Waals surface area (Å²) in [6.45, 7) is 5.94. The largest absolute Gasteiger partial charge is 0.461 e. The van der Waals surface area contributed by atoms with E-state index in [9.17, 15) is 9.59 Å². The number of ether oxygens (including phenoxy) is 2. The lowest BCUT2D eigenvalue weighted by atomic mass is 10.2. The molecule has 0 spiro atoms. The number of rotatable bonds is 5. The van der Waals surface area contributed by atoms with Gasteiger partial charge in [0.25, 0.3) is 0 Å². The molecule has 0 aliphatic carbocycles. The lowest BCUT2D eigenvalue weighted by molar-refractivity contribution is 0.0487. The molecule has 1 heterocycles. The quantitative estimate of drug-likeness (QED) is 0.616. The minimum absolute atomic E-state index is 0.194. The number of thiophene rings is 1. The van der Waals surface area contributed by atoms with Crippen molar-refractivity contribution >= 4 is 45.1 Å². The fraction of sp³-hybridized carbons (Fsp3) is 0.412. The molecule has 1 aromatic heterocycles. The van der Waals surface area contributed by atoms with Crippen LogP contribution in [0.3, 0.4) is 0 Å². The Labute approximate surface area is 149 Å². The molecule has 5 nitrogen and oxygen atoms in total. The van der Waals surface area contributed by atoms with Gasteiger partial charge >= 0.3 is 12.1 Å². The summed E-state index contributed by atoms with van der Waals surface area (Å²) in [6.07, 6.45) is 0.00871. The first-order chi connectivity index (χ1) is 11.3. The molecule has 0 saturated heterocycles. The lowest BCUT2D eigenvalue weighted by Gasteiger charge is -2.19. The monoisotopic (exact) mass is 369 g/mol. The van der Waals surface area contributed by atoms with Crippen molar-refractivity contribution in [3.8, 4) is 0 Å². The van der Waals surface area contributed by atoms with E-state index in [0.29, 0.717) is 22.9 Å². The van der Waals surface area contributed by atoms with Gasteiger partial charge in [-0.3, -0.25) is 0 Å². The van der Waals surface area contributed by atoms with Crippen LogP contribution in [0.1, 0.15) is 36.9 Å². The van der Waals surface area contributed by atoms with Crippen LogP contribution in [-0.2, 0) is 9.47 Å². The van der Waals surface area contributed by atoms with E-state index in [1.165, 1.54) is 11.3 Å². The van der Waals surface area contributed by atoms with E-state index in [4.69, 9.17) is 21.1 Å². The maximum Gasteiger partial charge on any atom is 0.407 e. The Bertz CT molecular complexity index is 736. The van der Waals surface area contributed by atoms with Crippen LogP contribution in [0.2, 0.25) is 5.02 Å². The molecule has 1 aromatic carbocycles. The molecular weight excluding hydrogens is 350 g/mol. The van der Waals surface area contributed by atoms with Gasteiger partial charge in [0, 0.05) is 16.6 Å². The Morgan fingerprint density at radius 2 is 1.96 bits per heavy atom. The van der Waals surface area contributed by atoms with E-state index < -0.39 is 17.7 Å². The number of halogens is 1. The van der Waals surface area contributed by atoms with E-state index in [1.807, 2.05) is 24.3 Å². The number of amides is 1. The number of carbonyl (C=O) groups excluding carboxylic acids is 2. The van der Waals surface area contributed by atoms with Gasteiger partial charge in [0.2, 0.25) is 0 Å². The summed E-state index contributed by atoms with van der Waals surface area (Å²) < 4.78 is 11.3. The van der Waals surface area contributed by atoms with Crippen molar-refractivity contribution in [2.24, 2.45) is 0 Å². The Morgan fingerprint density at radius 1 is 1.25 bits per heavy atom. The summed E-state index contributed by atoms with van der Waals surface area (Å²) in [5.41, 5.74) is -0.533. The van der Waals surface area contributed by atoms with Crippen LogP contribution in [-0.4, -0.2) is 30.8 Å². The van der Waals surface area contributed by atoms with E-state index in [1.54, 1.807) is 20.8 Å². The van der Waals surface area contributed by atoms with Crippen molar-refractivity contribution in [3.05, 3.63) is 34.2 Å². The topological polar surface area (TPSA) is 64.6 Å². The highest BCUT2D eigenvalue weighted by atomic mass is 35.5. The molecule has 0 bridgehead atoms. The second-order valence-electron chi connectivity index (χ2n) is 6.16. The third kappa shape index (κ3) is 5.11. The molecule has 0 fully saturated rings. The highest BCUT2D eigenvalue weighted by molar-refractivity contribution is 7.21. The molecule has 130 valence electrons. The van der Waals surface area contributed by atoms with Gasteiger partial charge in [0.1, 0.15) is 10.5 Å². The van der Waals surface area contributed by atoms with Crippen molar-refractivity contribution in [2.75, 3.05) is 13.2 Å². The van der Waals surface area contributed by atoms with Crippen molar-refractivity contribution in [1.29, 1.82) is 0 Å². The van der Waals surface area contributed by atoms with Gasteiger partial charge in [-0.1, -0.05) is 29.8 Å². The number of esters is 1. The summed E-state index contributed by atoms with van der Waals surface area (Å²) >= 11 is 7.54. The van der Waals surface area contributed by atoms with Crippen molar-refractivity contribution < 1.29 is 19.1 Å². The predicted octanol–water partition coefficient (Wildman–Crippen LogP) is 4.63. The van der Waals surface area contributed by atoms with Crippen LogP contribution in [0, 0.1) is 0 Å². The second-order valence-corrected chi connectivity index (χ2v) is 7.59. The molecule has 7 heteroatoms. The summed E-state index contributed by atoms with van der Waals surface area (Å²) in [6, 6.07) is 7.55. The smallest absolute Gasteiger partial charge is 0.407 e. The number of benzene rings is 1. The fourth-order valence-electron chi connectivity index (χ4n) is 1.95. The predicted molar refractivity (Wildman–Crippen MR) is 96.0 cm³/mol. The van der Waals surface area contributed by atoms with Crippen LogP contribution < -0.4 is 5.32 Å². The number of carbonyl (C=O) groups is 2. The molecule has 0 aliphatic heterocycles. The third-order valence-corrected chi connectivity index (χ3v) is 4.60. The van der Waals surface area contributed by atoms with Crippen molar-refractivity contribution in [3.63, 3.8) is 0 Å². The SMILES string of the molecule is CC(C)(C)OC(=O)NCCCOC(=O)c1sc2ccccc2c1Cl. The van der Waals surface area contributed by atoms with Gasteiger partial charge in [-0.05, 0) is 33.3 Å². The summed E-state index contributed by atoms with van der Waals surface area (Å²) in [5, 5.41) is 3.88. The molecule has 0 atom stereocenters. The minimum Gasteiger partial charge on any atom is -0.461 e. The maximum absolute atomic E-state index is 12.1. The number of hydrogen-bond acceptors (Lipinski definition) is 5. The van der Waals surface area contributed by atoms with Crippen molar-refractivity contribution in [2.45, 2.75) is 32.8 Å². The van der Waals surface area contributed by atoms with Crippen LogP contribution in [0.15, 0.2) is 24.3 Å². The van der Waals surface area contributed by atoms with Gasteiger partial charge in [0.05, 0.1) is 11.6 Å². The Hall–Kier alpha value is -1.79. The van der Waals surface area contributed by atoms with E-state index >= 15 is 0 Å².